The quantitative estimate of drug-likeness (QED) is 0.704. The van der Waals surface area contributed by atoms with Crippen LogP contribution in [0.2, 0.25) is 0 Å². The monoisotopic (exact) mass is 395 g/mol. The van der Waals surface area contributed by atoms with E-state index in [1.54, 1.807) is 18.2 Å². The highest BCUT2D eigenvalue weighted by atomic mass is 127. The van der Waals surface area contributed by atoms with Crippen molar-refractivity contribution in [2.45, 2.75) is 19.6 Å². The molecule has 1 heterocycles. The van der Waals surface area contributed by atoms with Gasteiger partial charge in [0.25, 0.3) is 0 Å². The molecule has 0 saturated carbocycles. The fraction of sp³-hybridized carbons (Fsp3) is 0.462. The molecule has 0 bridgehead atoms. The SMILES string of the molecule is CN(C)CCCn1nc(I)c2cc(OC(F)F)ccc21. The van der Waals surface area contributed by atoms with E-state index in [-0.39, 0.29) is 5.75 Å². The van der Waals surface area contributed by atoms with Crippen molar-refractivity contribution in [3.05, 3.63) is 21.9 Å². The van der Waals surface area contributed by atoms with Gasteiger partial charge in [0, 0.05) is 11.9 Å². The van der Waals surface area contributed by atoms with Crippen LogP contribution < -0.4 is 4.74 Å². The van der Waals surface area contributed by atoms with Crippen LogP contribution in [-0.2, 0) is 6.54 Å². The largest absolute Gasteiger partial charge is 0.435 e. The molecule has 0 saturated heterocycles. The van der Waals surface area contributed by atoms with E-state index < -0.39 is 6.61 Å². The third-order valence-corrected chi connectivity index (χ3v) is 3.67. The van der Waals surface area contributed by atoms with Gasteiger partial charge in [-0.15, -0.1) is 0 Å². The van der Waals surface area contributed by atoms with Crippen molar-refractivity contribution in [3.8, 4) is 5.75 Å². The highest BCUT2D eigenvalue weighted by Gasteiger charge is 2.11. The van der Waals surface area contributed by atoms with Crippen molar-refractivity contribution >= 4 is 33.5 Å². The summed E-state index contributed by atoms with van der Waals surface area (Å²) in [6, 6.07) is 4.94. The number of aromatic nitrogens is 2. The van der Waals surface area contributed by atoms with E-state index in [1.807, 2.05) is 18.8 Å². The second kappa shape index (κ2) is 6.66. The Labute approximate surface area is 129 Å². The molecule has 7 heteroatoms. The maximum atomic E-state index is 12.2. The van der Waals surface area contributed by atoms with Crippen LogP contribution in [0.4, 0.5) is 8.78 Å². The summed E-state index contributed by atoms with van der Waals surface area (Å²) in [5.74, 6) is 0.165. The van der Waals surface area contributed by atoms with E-state index in [0.717, 1.165) is 34.1 Å². The van der Waals surface area contributed by atoms with Gasteiger partial charge in [-0.1, -0.05) is 0 Å². The fourth-order valence-corrected chi connectivity index (χ4v) is 2.69. The highest BCUT2D eigenvalue weighted by Crippen LogP contribution is 2.26. The number of alkyl halides is 2. The molecule has 4 nitrogen and oxygen atoms in total. The number of ether oxygens (including phenoxy) is 1. The first-order chi connectivity index (χ1) is 9.47. The van der Waals surface area contributed by atoms with Gasteiger partial charge in [0.1, 0.15) is 9.45 Å². The van der Waals surface area contributed by atoms with Crippen LogP contribution in [0, 0.1) is 3.70 Å². The molecule has 0 spiro atoms. The van der Waals surface area contributed by atoms with Gasteiger partial charge in [-0.05, 0) is 67.9 Å². The maximum Gasteiger partial charge on any atom is 0.387 e. The average Bonchev–Trinajstić information content (AvgIpc) is 2.65. The van der Waals surface area contributed by atoms with Crippen molar-refractivity contribution in [2.75, 3.05) is 20.6 Å². The van der Waals surface area contributed by atoms with Gasteiger partial charge < -0.3 is 9.64 Å². The summed E-state index contributed by atoms with van der Waals surface area (Å²) in [7, 11) is 4.05. The molecule has 0 radical (unpaired) electrons. The van der Waals surface area contributed by atoms with Gasteiger partial charge in [-0.3, -0.25) is 4.68 Å². The summed E-state index contributed by atoms with van der Waals surface area (Å²) in [4.78, 5) is 2.12. The molecule has 0 atom stereocenters. The van der Waals surface area contributed by atoms with Crippen molar-refractivity contribution in [2.24, 2.45) is 0 Å². The van der Waals surface area contributed by atoms with Crippen LogP contribution >= 0.6 is 22.6 Å². The third-order valence-electron chi connectivity index (χ3n) is 2.88. The number of halogens is 3. The minimum absolute atomic E-state index is 0.165. The third kappa shape index (κ3) is 3.78. The molecular formula is C13H16F2IN3O. The fourth-order valence-electron chi connectivity index (χ4n) is 2.00. The Balaban J connectivity index is 2.21. The molecule has 110 valence electrons. The Hall–Kier alpha value is -0.960. The summed E-state index contributed by atoms with van der Waals surface area (Å²) in [6.45, 7) is -1.03. The van der Waals surface area contributed by atoms with E-state index >= 15 is 0 Å². The summed E-state index contributed by atoms with van der Waals surface area (Å²) in [6.07, 6.45) is 0.981. The zero-order chi connectivity index (χ0) is 14.7. The molecule has 1 aromatic carbocycles. The zero-order valence-electron chi connectivity index (χ0n) is 11.3. The average molecular weight is 395 g/mol. The predicted molar refractivity (Wildman–Crippen MR) is 82.3 cm³/mol. The Bertz CT molecular complexity index is 586. The molecule has 20 heavy (non-hydrogen) atoms. The van der Waals surface area contributed by atoms with E-state index in [0.29, 0.717) is 0 Å². The van der Waals surface area contributed by atoms with Crippen molar-refractivity contribution < 1.29 is 13.5 Å². The Kier molecular flexibility index (Phi) is 5.14. The molecule has 2 aromatic rings. The molecule has 0 aliphatic rings. The number of hydrogen-bond acceptors (Lipinski definition) is 3. The van der Waals surface area contributed by atoms with E-state index in [2.05, 4.69) is 37.3 Å². The van der Waals surface area contributed by atoms with Gasteiger partial charge in [0.15, 0.2) is 0 Å². The first-order valence-corrected chi connectivity index (χ1v) is 7.31. The normalized spacial score (nSPS) is 11.8. The van der Waals surface area contributed by atoms with E-state index in [1.165, 1.54) is 0 Å². The van der Waals surface area contributed by atoms with Crippen LogP contribution in [0.3, 0.4) is 0 Å². The van der Waals surface area contributed by atoms with Gasteiger partial charge >= 0.3 is 6.61 Å². The molecule has 0 aliphatic heterocycles. The minimum atomic E-state index is -2.81. The lowest BCUT2D eigenvalue weighted by Gasteiger charge is -2.09. The Morgan fingerprint density at radius 3 is 2.80 bits per heavy atom. The van der Waals surface area contributed by atoms with Gasteiger partial charge in [0.2, 0.25) is 0 Å². The molecule has 0 fully saturated rings. The van der Waals surface area contributed by atoms with E-state index in [4.69, 9.17) is 0 Å². The molecule has 0 N–H and O–H groups in total. The van der Waals surface area contributed by atoms with Crippen molar-refractivity contribution in [3.63, 3.8) is 0 Å². The molecular weight excluding hydrogens is 379 g/mol. The summed E-state index contributed by atoms with van der Waals surface area (Å²) in [5, 5.41) is 5.29. The summed E-state index contributed by atoms with van der Waals surface area (Å²) >= 11 is 2.11. The standard InChI is InChI=1S/C13H16F2IN3O/c1-18(2)6-3-7-19-11-5-4-9(20-13(14)15)8-10(11)12(16)17-19/h4-5,8,13H,3,6-7H2,1-2H3. The molecule has 2 rings (SSSR count). The number of benzene rings is 1. The lowest BCUT2D eigenvalue weighted by atomic mass is 10.2. The topological polar surface area (TPSA) is 30.3 Å². The summed E-state index contributed by atoms with van der Waals surface area (Å²) < 4.78 is 31.6. The van der Waals surface area contributed by atoms with Crippen molar-refractivity contribution in [1.82, 2.24) is 14.7 Å². The molecule has 0 amide bonds. The number of nitrogens with zero attached hydrogens (tertiary/aromatic N) is 3. The minimum Gasteiger partial charge on any atom is -0.435 e. The second-order valence-electron chi connectivity index (χ2n) is 4.73. The van der Waals surface area contributed by atoms with Crippen LogP contribution in [0.25, 0.3) is 10.9 Å². The number of aryl methyl sites for hydroxylation is 1. The van der Waals surface area contributed by atoms with Crippen molar-refractivity contribution in [1.29, 1.82) is 0 Å². The number of hydrogen-bond donors (Lipinski definition) is 0. The first kappa shape index (κ1) is 15.4. The summed E-state index contributed by atoms with van der Waals surface area (Å²) in [5.41, 5.74) is 0.940. The molecule has 1 aromatic heterocycles. The van der Waals surface area contributed by atoms with Crippen LogP contribution in [0.1, 0.15) is 6.42 Å². The maximum absolute atomic E-state index is 12.2. The molecule has 0 aliphatic carbocycles. The zero-order valence-corrected chi connectivity index (χ0v) is 13.5. The van der Waals surface area contributed by atoms with Gasteiger partial charge in [0.05, 0.1) is 5.52 Å². The smallest absolute Gasteiger partial charge is 0.387 e. The first-order valence-electron chi connectivity index (χ1n) is 6.23. The van der Waals surface area contributed by atoms with Gasteiger partial charge in [-0.2, -0.15) is 13.9 Å². The van der Waals surface area contributed by atoms with Crippen LogP contribution in [0.5, 0.6) is 5.75 Å². The predicted octanol–water partition coefficient (Wildman–Crippen LogP) is 3.19. The van der Waals surface area contributed by atoms with Gasteiger partial charge in [-0.25, -0.2) is 0 Å². The van der Waals surface area contributed by atoms with E-state index in [9.17, 15) is 8.78 Å². The Morgan fingerprint density at radius 2 is 2.15 bits per heavy atom. The van der Waals surface area contributed by atoms with Crippen LogP contribution in [-0.4, -0.2) is 41.9 Å². The Morgan fingerprint density at radius 1 is 1.40 bits per heavy atom. The van der Waals surface area contributed by atoms with Crippen LogP contribution in [0.15, 0.2) is 18.2 Å². The lowest BCUT2D eigenvalue weighted by molar-refractivity contribution is -0.0497. The highest BCUT2D eigenvalue weighted by molar-refractivity contribution is 14.1. The molecule has 0 unspecified atom stereocenters. The second-order valence-corrected chi connectivity index (χ2v) is 5.75. The number of rotatable bonds is 6. The number of fused-ring (bicyclic) bond motifs is 1. The lowest BCUT2D eigenvalue weighted by Crippen LogP contribution is -2.15.